The summed E-state index contributed by atoms with van der Waals surface area (Å²) in [5, 5.41) is 0. The summed E-state index contributed by atoms with van der Waals surface area (Å²) in [6.07, 6.45) is 3.40. The first-order chi connectivity index (χ1) is 7.53. The largest absolute Gasteiger partial charge is 0.380 e. The van der Waals surface area contributed by atoms with E-state index in [4.69, 9.17) is 16.2 Å². The third-order valence-corrected chi connectivity index (χ3v) is 4.07. The van der Waals surface area contributed by atoms with Crippen molar-refractivity contribution in [3.05, 3.63) is 0 Å². The lowest BCUT2D eigenvalue weighted by Gasteiger charge is -2.30. The number of likely N-dealkylation sites (N-methyl/N-ethyl adjacent to an activating group) is 1. The summed E-state index contributed by atoms with van der Waals surface area (Å²) >= 11 is 0. The van der Waals surface area contributed by atoms with Gasteiger partial charge in [0.1, 0.15) is 0 Å². The number of nitrogens with two attached hydrogens (primary N) is 2. The van der Waals surface area contributed by atoms with Crippen LogP contribution in [0.1, 0.15) is 25.7 Å². The fraction of sp³-hybridized carbons (Fsp3) is 0.909. The van der Waals surface area contributed by atoms with Crippen LogP contribution >= 0.6 is 0 Å². The Morgan fingerprint density at radius 2 is 2.19 bits per heavy atom. The minimum atomic E-state index is -0.793. The molecule has 1 amide bonds. The fourth-order valence-electron chi connectivity index (χ4n) is 2.76. The molecule has 3 unspecified atom stereocenters. The second kappa shape index (κ2) is 4.31. The molecule has 2 aliphatic rings. The number of rotatable bonds is 3. The van der Waals surface area contributed by atoms with Gasteiger partial charge in [0.05, 0.1) is 12.1 Å². The summed E-state index contributed by atoms with van der Waals surface area (Å²) in [5.74, 6) is -0.369. The highest BCUT2D eigenvalue weighted by Crippen LogP contribution is 2.32. The predicted molar refractivity (Wildman–Crippen MR) is 60.7 cm³/mol. The summed E-state index contributed by atoms with van der Waals surface area (Å²) < 4.78 is 5.37. The maximum Gasteiger partial charge on any atom is 0.237 e. The average Bonchev–Trinajstić information content (AvgIpc) is 2.85. The van der Waals surface area contributed by atoms with E-state index in [1.165, 1.54) is 0 Å². The molecule has 1 aliphatic carbocycles. The van der Waals surface area contributed by atoms with Crippen molar-refractivity contribution in [3.63, 3.8) is 0 Å². The van der Waals surface area contributed by atoms with E-state index in [1.807, 2.05) is 0 Å². The molecule has 1 saturated heterocycles. The second-order valence-electron chi connectivity index (χ2n) is 5.10. The van der Waals surface area contributed by atoms with E-state index in [1.54, 1.807) is 0 Å². The summed E-state index contributed by atoms with van der Waals surface area (Å²) in [6.45, 7) is 1.63. The zero-order valence-electron chi connectivity index (χ0n) is 9.82. The van der Waals surface area contributed by atoms with Gasteiger partial charge in [-0.3, -0.25) is 9.69 Å². The van der Waals surface area contributed by atoms with Crippen molar-refractivity contribution in [2.24, 2.45) is 11.5 Å². The third kappa shape index (κ3) is 2.07. The zero-order valence-corrected chi connectivity index (χ0v) is 9.82. The number of amides is 1. The van der Waals surface area contributed by atoms with Crippen molar-refractivity contribution in [1.82, 2.24) is 4.90 Å². The van der Waals surface area contributed by atoms with Crippen LogP contribution in [0.2, 0.25) is 0 Å². The number of hydrogen-bond acceptors (Lipinski definition) is 4. The molecule has 2 fully saturated rings. The summed E-state index contributed by atoms with van der Waals surface area (Å²) in [6, 6.07) is 0.837. The first kappa shape index (κ1) is 11.8. The van der Waals surface area contributed by atoms with E-state index < -0.39 is 5.54 Å². The van der Waals surface area contributed by atoms with Gasteiger partial charge >= 0.3 is 0 Å². The number of nitrogens with zero attached hydrogens (tertiary/aromatic N) is 1. The molecule has 16 heavy (non-hydrogen) atoms. The van der Waals surface area contributed by atoms with Gasteiger partial charge in [-0.15, -0.1) is 0 Å². The minimum absolute atomic E-state index is 0.365. The Hall–Kier alpha value is -0.650. The van der Waals surface area contributed by atoms with Gasteiger partial charge in [0.15, 0.2) is 0 Å². The van der Waals surface area contributed by atoms with Crippen molar-refractivity contribution in [3.8, 4) is 0 Å². The van der Waals surface area contributed by atoms with Gasteiger partial charge in [0.2, 0.25) is 5.91 Å². The van der Waals surface area contributed by atoms with Gasteiger partial charge in [-0.1, -0.05) is 0 Å². The standard InChI is InChI=1S/C11H21N3O2/c1-14(9-3-5-16-7-9)8-2-4-11(13,6-8)10(12)15/h8-9H,2-7,13H2,1H3,(H2,12,15). The van der Waals surface area contributed by atoms with Crippen molar-refractivity contribution < 1.29 is 9.53 Å². The molecule has 1 aliphatic heterocycles. The van der Waals surface area contributed by atoms with E-state index in [-0.39, 0.29) is 5.91 Å². The summed E-state index contributed by atoms with van der Waals surface area (Å²) in [7, 11) is 2.09. The third-order valence-electron chi connectivity index (χ3n) is 4.07. The Kier molecular flexibility index (Phi) is 3.19. The van der Waals surface area contributed by atoms with Gasteiger partial charge in [0.25, 0.3) is 0 Å². The van der Waals surface area contributed by atoms with Crippen LogP contribution in [0.4, 0.5) is 0 Å². The molecule has 2 rings (SSSR count). The van der Waals surface area contributed by atoms with Crippen LogP contribution in [-0.4, -0.2) is 48.7 Å². The predicted octanol–water partition coefficient (Wildman–Crippen LogP) is -0.558. The normalized spacial score (nSPS) is 39.4. The van der Waals surface area contributed by atoms with E-state index in [9.17, 15) is 4.79 Å². The topological polar surface area (TPSA) is 81.6 Å². The zero-order chi connectivity index (χ0) is 11.8. The molecule has 5 nitrogen and oxygen atoms in total. The lowest BCUT2D eigenvalue weighted by molar-refractivity contribution is -0.123. The first-order valence-corrected chi connectivity index (χ1v) is 5.91. The van der Waals surface area contributed by atoms with Crippen molar-refractivity contribution in [2.75, 3.05) is 20.3 Å². The van der Waals surface area contributed by atoms with E-state index in [0.29, 0.717) is 24.9 Å². The van der Waals surface area contributed by atoms with Gasteiger partial charge in [-0.05, 0) is 32.7 Å². The van der Waals surface area contributed by atoms with Crippen LogP contribution in [0.3, 0.4) is 0 Å². The number of carbonyl (C=O) groups excluding carboxylic acids is 1. The fourth-order valence-corrected chi connectivity index (χ4v) is 2.76. The van der Waals surface area contributed by atoms with Crippen molar-refractivity contribution in [1.29, 1.82) is 0 Å². The maximum atomic E-state index is 11.3. The van der Waals surface area contributed by atoms with Gasteiger partial charge in [-0.25, -0.2) is 0 Å². The quantitative estimate of drug-likeness (QED) is 0.677. The molecule has 0 spiro atoms. The van der Waals surface area contributed by atoms with Crippen LogP contribution < -0.4 is 11.5 Å². The molecule has 0 bridgehead atoms. The maximum absolute atomic E-state index is 11.3. The van der Waals surface area contributed by atoms with Crippen LogP contribution in [0.15, 0.2) is 0 Å². The molecule has 1 heterocycles. The highest BCUT2D eigenvalue weighted by atomic mass is 16.5. The number of carbonyl (C=O) groups is 1. The van der Waals surface area contributed by atoms with E-state index in [0.717, 1.165) is 26.1 Å². The molecular formula is C11H21N3O2. The summed E-state index contributed by atoms with van der Waals surface area (Å²) in [4.78, 5) is 13.6. The lowest BCUT2D eigenvalue weighted by Crippen LogP contribution is -2.51. The van der Waals surface area contributed by atoms with Crippen LogP contribution in [-0.2, 0) is 9.53 Å². The SMILES string of the molecule is CN(C1CCOC1)C1CCC(N)(C(N)=O)C1. The lowest BCUT2D eigenvalue weighted by atomic mass is 9.98. The molecule has 92 valence electrons. The molecule has 0 aromatic rings. The van der Waals surface area contributed by atoms with Gasteiger partial charge in [0, 0.05) is 18.7 Å². The monoisotopic (exact) mass is 227 g/mol. The van der Waals surface area contributed by atoms with Crippen molar-refractivity contribution >= 4 is 5.91 Å². The Labute approximate surface area is 96.1 Å². The number of hydrogen-bond donors (Lipinski definition) is 2. The number of primary amides is 1. The molecule has 0 radical (unpaired) electrons. The molecule has 4 N–H and O–H groups in total. The Morgan fingerprint density at radius 1 is 1.44 bits per heavy atom. The molecule has 0 aromatic carbocycles. The van der Waals surface area contributed by atoms with Gasteiger partial charge < -0.3 is 16.2 Å². The smallest absolute Gasteiger partial charge is 0.237 e. The van der Waals surface area contributed by atoms with Crippen LogP contribution in [0.5, 0.6) is 0 Å². The molecule has 5 heteroatoms. The van der Waals surface area contributed by atoms with Crippen LogP contribution in [0.25, 0.3) is 0 Å². The molecule has 0 aromatic heterocycles. The van der Waals surface area contributed by atoms with E-state index >= 15 is 0 Å². The van der Waals surface area contributed by atoms with Crippen LogP contribution in [0, 0.1) is 0 Å². The van der Waals surface area contributed by atoms with Crippen molar-refractivity contribution in [2.45, 2.75) is 43.3 Å². The Bertz CT molecular complexity index is 278. The Morgan fingerprint density at radius 3 is 2.69 bits per heavy atom. The van der Waals surface area contributed by atoms with Gasteiger partial charge in [-0.2, -0.15) is 0 Å². The minimum Gasteiger partial charge on any atom is -0.380 e. The second-order valence-corrected chi connectivity index (χ2v) is 5.10. The average molecular weight is 227 g/mol. The molecule has 3 atom stereocenters. The highest BCUT2D eigenvalue weighted by Gasteiger charge is 2.43. The highest BCUT2D eigenvalue weighted by molar-refractivity contribution is 5.84. The van der Waals surface area contributed by atoms with E-state index in [2.05, 4.69) is 11.9 Å². The summed E-state index contributed by atoms with van der Waals surface area (Å²) in [5.41, 5.74) is 10.5. The first-order valence-electron chi connectivity index (χ1n) is 5.91. The molecular weight excluding hydrogens is 206 g/mol. The number of ether oxygens (including phenoxy) is 1. The molecule has 1 saturated carbocycles. The Balaban J connectivity index is 1.95.